The van der Waals surface area contributed by atoms with Crippen molar-refractivity contribution in [3.8, 4) is 0 Å². The van der Waals surface area contributed by atoms with E-state index in [-0.39, 0.29) is 19.4 Å². The number of aliphatic hydroxyl groups is 7. The molecule has 15 nitrogen and oxygen atoms in total. The number of allylic oxidation sites excluding steroid dienone is 12. The van der Waals surface area contributed by atoms with E-state index in [1.54, 1.807) is 0 Å². The molecule has 0 aromatic heterocycles. The number of unbranched alkanes of at least 4 members (excludes halogenated alkanes) is 11. The zero-order valence-electron chi connectivity index (χ0n) is 40.4. The van der Waals surface area contributed by atoms with E-state index in [2.05, 4.69) is 74.6 Å². The van der Waals surface area contributed by atoms with E-state index in [1.807, 2.05) is 12.2 Å². The smallest absolute Gasteiger partial charge is 0.306 e. The molecule has 0 amide bonds. The van der Waals surface area contributed by atoms with Crippen LogP contribution in [0.4, 0.5) is 0 Å². The van der Waals surface area contributed by atoms with Crippen LogP contribution in [0.1, 0.15) is 149 Å². The predicted molar refractivity (Wildman–Crippen MR) is 256 cm³/mol. The Morgan fingerprint density at radius 1 is 0.493 bits per heavy atom. The molecule has 0 aliphatic carbocycles. The number of esters is 2. The second kappa shape index (κ2) is 38.8. The van der Waals surface area contributed by atoms with Gasteiger partial charge in [0.15, 0.2) is 18.7 Å². The molecule has 67 heavy (non-hydrogen) atoms. The van der Waals surface area contributed by atoms with Crippen molar-refractivity contribution in [2.75, 3.05) is 26.4 Å². The van der Waals surface area contributed by atoms with E-state index in [1.165, 1.54) is 51.4 Å². The average molecular weight is 951 g/mol. The lowest BCUT2D eigenvalue weighted by Gasteiger charge is -2.42. The summed E-state index contributed by atoms with van der Waals surface area (Å²) in [6, 6.07) is 0. The fraction of sp³-hybridized carbons (Fsp3) is 0.731. The van der Waals surface area contributed by atoms with E-state index in [0.717, 1.165) is 57.8 Å². The molecule has 15 heteroatoms. The highest BCUT2D eigenvalue weighted by molar-refractivity contribution is 5.70. The van der Waals surface area contributed by atoms with Gasteiger partial charge >= 0.3 is 11.9 Å². The number of hydrogen-bond acceptors (Lipinski definition) is 15. The van der Waals surface area contributed by atoms with Gasteiger partial charge in [0.2, 0.25) is 0 Å². The van der Waals surface area contributed by atoms with Gasteiger partial charge in [-0.15, -0.1) is 0 Å². The number of aliphatic hydroxyl groups excluding tert-OH is 7. The summed E-state index contributed by atoms with van der Waals surface area (Å²) in [5.41, 5.74) is 0. The molecule has 384 valence electrons. The van der Waals surface area contributed by atoms with Crippen molar-refractivity contribution < 1.29 is 73.8 Å². The van der Waals surface area contributed by atoms with Crippen molar-refractivity contribution in [1.82, 2.24) is 0 Å². The van der Waals surface area contributed by atoms with Crippen LogP contribution < -0.4 is 0 Å². The largest absolute Gasteiger partial charge is 0.462 e. The second-order valence-electron chi connectivity index (χ2n) is 17.3. The predicted octanol–water partition coefficient (Wildman–Crippen LogP) is 6.65. The van der Waals surface area contributed by atoms with Crippen LogP contribution in [-0.2, 0) is 38.0 Å². The van der Waals surface area contributed by atoms with Crippen LogP contribution in [0.2, 0.25) is 0 Å². The maximum Gasteiger partial charge on any atom is 0.306 e. The Labute approximate surface area is 400 Å². The molecule has 7 N–H and O–H groups in total. The molecule has 2 heterocycles. The Bertz CT molecular complexity index is 1440. The van der Waals surface area contributed by atoms with Crippen LogP contribution in [0, 0.1) is 0 Å². The third-order valence-electron chi connectivity index (χ3n) is 11.5. The van der Waals surface area contributed by atoms with Gasteiger partial charge in [-0.05, 0) is 51.4 Å². The maximum absolute atomic E-state index is 13.0. The molecule has 2 saturated heterocycles. The van der Waals surface area contributed by atoms with E-state index >= 15 is 0 Å². The minimum atomic E-state index is -1.78. The number of hydrogen-bond donors (Lipinski definition) is 7. The van der Waals surface area contributed by atoms with Crippen molar-refractivity contribution in [2.24, 2.45) is 0 Å². The van der Waals surface area contributed by atoms with Gasteiger partial charge in [-0.2, -0.15) is 0 Å². The SMILES string of the molecule is CC/C=C/C/C=C/C/C=C/C/C=C/C/C=C/C/C=C/CCC(=O)OC[C@@H](CO[C@@H]1O[C@H](CO[C@@H]2O[C@H](CO)[C@H](O)C(O)C2O)[C@H](O)C(O)C1O)OC(=O)CCCCCCCCCCCCCC. The number of rotatable bonds is 37. The first kappa shape index (κ1) is 60.1. The average Bonchev–Trinajstić information content (AvgIpc) is 3.32. The molecule has 0 spiro atoms. The van der Waals surface area contributed by atoms with Crippen molar-refractivity contribution in [1.29, 1.82) is 0 Å². The quantitative estimate of drug-likeness (QED) is 0.0196. The summed E-state index contributed by atoms with van der Waals surface area (Å²) in [5.74, 6) is -1.03. The summed E-state index contributed by atoms with van der Waals surface area (Å²) in [6.07, 6.45) is 28.1. The zero-order valence-corrected chi connectivity index (χ0v) is 40.4. The normalized spacial score (nSPS) is 26.6. The minimum absolute atomic E-state index is 0.0905. The van der Waals surface area contributed by atoms with Gasteiger partial charge in [0.05, 0.1) is 19.8 Å². The first-order chi connectivity index (χ1) is 32.5. The number of carbonyl (C=O) groups is 2. The standard InChI is InChI=1S/C52H86O15/c1-3-5-7-9-11-13-15-17-18-19-20-21-22-23-25-26-28-30-32-34-43(54)62-37-40(65-44(55)35-33-31-29-27-24-16-14-12-10-8-6-4-2)38-63-51-50(61)48(59)46(57)42(67-51)39-64-52-49(60)47(58)45(56)41(36-53)66-52/h5,7,11,13,17-18,20-21,23,25,28,30,40-42,45-53,56-61H,3-4,6,8-10,12,14-16,19,22,24,26-27,29,31-39H2,1-2H3/b7-5+,13-11+,18-17+,21-20+,25-23+,30-28+/t40-,41+,42+,45-,46-,47?,48?,49?,50?,51+,52+/m0/s1. The molecule has 4 unspecified atom stereocenters. The minimum Gasteiger partial charge on any atom is -0.462 e. The molecule has 2 aliphatic heterocycles. The lowest BCUT2D eigenvalue weighted by Crippen LogP contribution is -2.61. The summed E-state index contributed by atoms with van der Waals surface area (Å²) in [7, 11) is 0. The van der Waals surface area contributed by atoms with E-state index in [9.17, 15) is 45.3 Å². The lowest BCUT2D eigenvalue weighted by atomic mass is 9.98. The first-order valence-corrected chi connectivity index (χ1v) is 25.0. The van der Waals surface area contributed by atoms with Gasteiger partial charge in [-0.1, -0.05) is 157 Å². The Morgan fingerprint density at radius 3 is 1.45 bits per heavy atom. The highest BCUT2D eigenvalue weighted by atomic mass is 16.7. The van der Waals surface area contributed by atoms with Crippen LogP contribution in [0.25, 0.3) is 0 Å². The molecule has 0 bridgehead atoms. The molecule has 0 radical (unpaired) electrons. The monoisotopic (exact) mass is 951 g/mol. The Balaban J connectivity index is 1.85. The van der Waals surface area contributed by atoms with Crippen LogP contribution in [0.5, 0.6) is 0 Å². The summed E-state index contributed by atoms with van der Waals surface area (Å²) < 4.78 is 33.4. The molecule has 2 aliphatic rings. The van der Waals surface area contributed by atoms with Crippen LogP contribution >= 0.6 is 0 Å². The zero-order chi connectivity index (χ0) is 48.9. The molecule has 2 rings (SSSR count). The van der Waals surface area contributed by atoms with Gasteiger partial charge < -0.3 is 64.2 Å². The Kier molecular flexibility index (Phi) is 34.7. The van der Waals surface area contributed by atoms with Crippen molar-refractivity contribution in [3.63, 3.8) is 0 Å². The fourth-order valence-corrected chi connectivity index (χ4v) is 7.36. The van der Waals surface area contributed by atoms with E-state index in [4.69, 9.17) is 28.4 Å². The van der Waals surface area contributed by atoms with Gasteiger partial charge in [-0.25, -0.2) is 0 Å². The summed E-state index contributed by atoms with van der Waals surface area (Å²) in [6.45, 7) is 2.37. The molecule has 0 saturated carbocycles. The second-order valence-corrected chi connectivity index (χ2v) is 17.3. The van der Waals surface area contributed by atoms with E-state index < -0.39 is 99.3 Å². The summed E-state index contributed by atoms with van der Waals surface area (Å²) in [5, 5.41) is 72.0. The van der Waals surface area contributed by atoms with Crippen LogP contribution in [0.15, 0.2) is 72.9 Å². The van der Waals surface area contributed by atoms with Crippen molar-refractivity contribution >= 4 is 11.9 Å². The van der Waals surface area contributed by atoms with Crippen LogP contribution in [0.3, 0.4) is 0 Å². The van der Waals surface area contributed by atoms with Crippen LogP contribution in [-0.4, -0.2) is 142 Å². The molecule has 11 atom stereocenters. The van der Waals surface area contributed by atoms with Crippen molar-refractivity contribution in [3.05, 3.63) is 72.9 Å². The highest BCUT2D eigenvalue weighted by Crippen LogP contribution is 2.26. The Hall–Kier alpha value is -3.06. The maximum atomic E-state index is 13.0. The summed E-state index contributed by atoms with van der Waals surface area (Å²) in [4.78, 5) is 25.7. The first-order valence-electron chi connectivity index (χ1n) is 25.0. The number of carbonyl (C=O) groups excluding carboxylic acids is 2. The molecule has 0 aromatic carbocycles. The van der Waals surface area contributed by atoms with Gasteiger partial charge in [0, 0.05) is 12.8 Å². The van der Waals surface area contributed by atoms with Gasteiger partial charge in [0.25, 0.3) is 0 Å². The molecular weight excluding hydrogens is 865 g/mol. The Morgan fingerprint density at radius 2 is 0.940 bits per heavy atom. The molecular formula is C52H86O15. The lowest BCUT2D eigenvalue weighted by molar-refractivity contribution is -0.332. The third-order valence-corrected chi connectivity index (χ3v) is 11.5. The highest BCUT2D eigenvalue weighted by Gasteiger charge is 2.47. The van der Waals surface area contributed by atoms with E-state index in [0.29, 0.717) is 12.8 Å². The molecule has 0 aromatic rings. The molecule has 2 fully saturated rings. The number of ether oxygens (including phenoxy) is 6. The van der Waals surface area contributed by atoms with Gasteiger partial charge in [-0.3, -0.25) is 9.59 Å². The van der Waals surface area contributed by atoms with Crippen molar-refractivity contribution in [2.45, 2.75) is 216 Å². The topological polar surface area (TPSA) is 231 Å². The fourth-order valence-electron chi connectivity index (χ4n) is 7.36. The summed E-state index contributed by atoms with van der Waals surface area (Å²) >= 11 is 0. The van der Waals surface area contributed by atoms with Gasteiger partial charge in [0.1, 0.15) is 55.4 Å². The third kappa shape index (κ3) is 27.1.